The van der Waals surface area contributed by atoms with Crippen LogP contribution in [0.1, 0.15) is 46.5 Å². The number of nitrogens with zero attached hydrogens (tertiary/aromatic N) is 3. The van der Waals surface area contributed by atoms with Gasteiger partial charge in [-0.05, 0) is 97.2 Å². The number of para-hydroxylation sites is 1. The van der Waals surface area contributed by atoms with Gasteiger partial charge in [-0.3, -0.25) is 14.0 Å². The van der Waals surface area contributed by atoms with E-state index in [2.05, 4.69) is 25.7 Å². The molecule has 1 saturated carbocycles. The SMILES string of the molecule is CCC12CC(CC(C)(C)C1)N(CCOc1ccc(-n3ccn(-c4ccc(Oc5ccccc5)cc4)c3=O)cc1)C2. The summed E-state index contributed by atoms with van der Waals surface area (Å²) in [5.41, 5.74) is 2.37. The van der Waals surface area contributed by atoms with Crippen LogP contribution in [0.2, 0.25) is 0 Å². The topological polar surface area (TPSA) is 48.6 Å². The lowest BCUT2D eigenvalue weighted by molar-refractivity contribution is 0.110. The Morgan fingerprint density at radius 2 is 1.40 bits per heavy atom. The predicted molar refractivity (Wildman–Crippen MR) is 159 cm³/mol. The molecule has 4 aromatic rings. The van der Waals surface area contributed by atoms with Gasteiger partial charge in [-0.25, -0.2) is 4.79 Å². The highest BCUT2D eigenvalue weighted by Crippen LogP contribution is 2.54. The van der Waals surface area contributed by atoms with Crippen molar-refractivity contribution < 1.29 is 9.47 Å². The number of ether oxygens (including phenoxy) is 2. The zero-order valence-corrected chi connectivity index (χ0v) is 23.8. The maximum atomic E-state index is 13.2. The van der Waals surface area contributed by atoms with Crippen LogP contribution >= 0.6 is 0 Å². The predicted octanol–water partition coefficient (Wildman–Crippen LogP) is 7.09. The molecule has 2 atom stereocenters. The molecular weight excluding hydrogens is 498 g/mol. The van der Waals surface area contributed by atoms with Gasteiger partial charge in [-0.15, -0.1) is 0 Å². The quantitative estimate of drug-likeness (QED) is 0.229. The van der Waals surface area contributed by atoms with E-state index in [1.54, 1.807) is 21.5 Å². The molecule has 0 radical (unpaired) electrons. The van der Waals surface area contributed by atoms with E-state index >= 15 is 0 Å². The minimum absolute atomic E-state index is 0.127. The van der Waals surface area contributed by atoms with Crippen molar-refractivity contribution in [1.29, 1.82) is 0 Å². The number of fused-ring (bicyclic) bond motifs is 2. The second-order valence-electron chi connectivity index (χ2n) is 12.3. The zero-order chi connectivity index (χ0) is 27.7. The number of aromatic nitrogens is 2. The molecule has 1 aromatic heterocycles. The van der Waals surface area contributed by atoms with Crippen molar-refractivity contribution in [3.63, 3.8) is 0 Å². The van der Waals surface area contributed by atoms with Gasteiger partial charge in [0.2, 0.25) is 0 Å². The Balaban J connectivity index is 1.06. The van der Waals surface area contributed by atoms with Gasteiger partial charge in [0.05, 0.1) is 11.4 Å². The van der Waals surface area contributed by atoms with Crippen LogP contribution in [-0.4, -0.2) is 39.8 Å². The lowest BCUT2D eigenvalue weighted by Gasteiger charge is -2.41. The molecule has 1 aliphatic heterocycles. The summed E-state index contributed by atoms with van der Waals surface area (Å²) in [5, 5.41) is 0. The van der Waals surface area contributed by atoms with Crippen LogP contribution in [0.5, 0.6) is 17.2 Å². The summed E-state index contributed by atoms with van der Waals surface area (Å²) in [6.07, 6.45) is 8.80. The van der Waals surface area contributed by atoms with E-state index in [4.69, 9.17) is 9.47 Å². The molecule has 208 valence electrons. The van der Waals surface area contributed by atoms with Gasteiger partial charge < -0.3 is 9.47 Å². The molecular formula is C34H39N3O3. The Morgan fingerprint density at radius 1 is 0.800 bits per heavy atom. The molecule has 6 heteroatoms. The minimum atomic E-state index is -0.127. The van der Waals surface area contributed by atoms with E-state index in [0.717, 1.165) is 35.2 Å². The fourth-order valence-electron chi connectivity index (χ4n) is 7.00. The van der Waals surface area contributed by atoms with Crippen LogP contribution in [0.15, 0.2) is 96.1 Å². The summed E-state index contributed by atoms with van der Waals surface area (Å²) >= 11 is 0. The molecule has 2 aliphatic rings. The van der Waals surface area contributed by atoms with Gasteiger partial charge in [-0.2, -0.15) is 0 Å². The molecule has 0 N–H and O–H groups in total. The molecule has 2 fully saturated rings. The van der Waals surface area contributed by atoms with Gasteiger partial charge in [0.15, 0.2) is 0 Å². The standard InChI is InChI=1S/C34H39N3O3/c1-4-34-23-28(22-33(2,3)24-34)35(25-34)20-21-39-29-14-10-26(11-15-29)36-18-19-37(32(36)38)27-12-16-31(17-13-27)40-30-8-6-5-7-9-30/h5-19,28H,4,20-25H2,1-3H3. The Bertz CT molecular complexity index is 1490. The summed E-state index contributed by atoms with van der Waals surface area (Å²) in [7, 11) is 0. The molecule has 6 rings (SSSR count). The second kappa shape index (κ2) is 10.7. The third-order valence-electron chi connectivity index (χ3n) is 8.75. The highest BCUT2D eigenvalue weighted by Gasteiger charge is 2.50. The van der Waals surface area contributed by atoms with Gasteiger partial charge in [0.1, 0.15) is 23.9 Å². The van der Waals surface area contributed by atoms with Gasteiger partial charge in [-0.1, -0.05) is 39.0 Å². The molecule has 3 aromatic carbocycles. The minimum Gasteiger partial charge on any atom is -0.492 e. The molecule has 1 saturated heterocycles. The lowest BCUT2D eigenvalue weighted by Crippen LogP contribution is -2.36. The molecule has 40 heavy (non-hydrogen) atoms. The van der Waals surface area contributed by atoms with Crippen molar-refractivity contribution in [3.8, 4) is 28.6 Å². The zero-order valence-electron chi connectivity index (χ0n) is 23.8. The normalized spacial score (nSPS) is 21.8. The summed E-state index contributed by atoms with van der Waals surface area (Å²) in [6.45, 7) is 10.1. The van der Waals surface area contributed by atoms with Gasteiger partial charge in [0, 0.05) is 31.5 Å². The average molecular weight is 538 g/mol. The molecule has 1 aliphatic carbocycles. The Kier molecular flexibility index (Phi) is 7.05. The third kappa shape index (κ3) is 5.46. The van der Waals surface area contributed by atoms with Gasteiger partial charge in [0.25, 0.3) is 0 Å². The summed E-state index contributed by atoms with van der Waals surface area (Å²) in [4.78, 5) is 15.9. The van der Waals surface area contributed by atoms with Crippen LogP contribution in [0, 0.1) is 10.8 Å². The van der Waals surface area contributed by atoms with E-state index in [1.165, 1.54) is 32.2 Å². The van der Waals surface area contributed by atoms with Crippen molar-refractivity contribution in [3.05, 3.63) is 102 Å². The fourth-order valence-corrected chi connectivity index (χ4v) is 7.00. The van der Waals surface area contributed by atoms with Crippen molar-refractivity contribution in [2.24, 2.45) is 10.8 Å². The number of hydrogen-bond donors (Lipinski definition) is 0. The molecule has 2 heterocycles. The molecule has 2 unspecified atom stereocenters. The monoisotopic (exact) mass is 537 g/mol. The lowest BCUT2D eigenvalue weighted by atomic mass is 9.63. The van der Waals surface area contributed by atoms with Crippen molar-refractivity contribution in [1.82, 2.24) is 14.0 Å². The van der Waals surface area contributed by atoms with Crippen LogP contribution in [-0.2, 0) is 0 Å². The molecule has 6 nitrogen and oxygen atoms in total. The number of benzene rings is 3. The van der Waals surface area contributed by atoms with Crippen molar-refractivity contribution >= 4 is 0 Å². The first kappa shape index (κ1) is 26.5. The Morgan fingerprint density at radius 3 is 2.02 bits per heavy atom. The summed E-state index contributed by atoms with van der Waals surface area (Å²) in [6, 6.07) is 25.6. The number of imidazole rings is 1. The highest BCUT2D eigenvalue weighted by molar-refractivity contribution is 5.41. The Hall–Kier alpha value is -3.77. The fraction of sp³-hybridized carbons (Fsp3) is 0.382. The van der Waals surface area contributed by atoms with Crippen molar-refractivity contribution in [2.75, 3.05) is 19.7 Å². The van der Waals surface area contributed by atoms with Crippen LogP contribution in [0.3, 0.4) is 0 Å². The maximum absolute atomic E-state index is 13.2. The van der Waals surface area contributed by atoms with E-state index in [9.17, 15) is 4.79 Å². The summed E-state index contributed by atoms with van der Waals surface area (Å²) < 4.78 is 15.3. The largest absolute Gasteiger partial charge is 0.492 e. The van der Waals surface area contributed by atoms with E-state index < -0.39 is 0 Å². The van der Waals surface area contributed by atoms with E-state index in [-0.39, 0.29) is 5.69 Å². The van der Waals surface area contributed by atoms with E-state index in [1.807, 2.05) is 78.9 Å². The first-order chi connectivity index (χ1) is 19.3. The summed E-state index contributed by atoms with van der Waals surface area (Å²) in [5.74, 6) is 2.33. The van der Waals surface area contributed by atoms with Crippen LogP contribution in [0.25, 0.3) is 11.4 Å². The van der Waals surface area contributed by atoms with Crippen LogP contribution in [0.4, 0.5) is 0 Å². The first-order valence-electron chi connectivity index (χ1n) is 14.4. The smallest absolute Gasteiger partial charge is 0.337 e. The van der Waals surface area contributed by atoms with Crippen LogP contribution < -0.4 is 15.2 Å². The first-order valence-corrected chi connectivity index (χ1v) is 14.4. The van der Waals surface area contributed by atoms with E-state index in [0.29, 0.717) is 23.5 Å². The van der Waals surface area contributed by atoms with Gasteiger partial charge >= 0.3 is 5.69 Å². The number of likely N-dealkylation sites (tertiary alicyclic amines) is 1. The maximum Gasteiger partial charge on any atom is 0.337 e. The highest BCUT2D eigenvalue weighted by atomic mass is 16.5. The third-order valence-corrected chi connectivity index (χ3v) is 8.75. The van der Waals surface area contributed by atoms with Crippen molar-refractivity contribution in [2.45, 2.75) is 52.5 Å². The number of hydrogen-bond acceptors (Lipinski definition) is 4. The molecule has 0 spiro atoms. The Labute approximate surface area is 236 Å². The number of rotatable bonds is 9. The second-order valence-corrected chi connectivity index (χ2v) is 12.3. The molecule has 0 amide bonds. The molecule has 2 bridgehead atoms. The average Bonchev–Trinajstić information content (AvgIpc) is 3.46.